The number of methoxy groups -OCH3 is 1. The average molecular weight is 478 g/mol. The molecule has 186 valence electrons. The number of hydrogen-bond acceptors (Lipinski definition) is 5. The van der Waals surface area contributed by atoms with Gasteiger partial charge in [-0.25, -0.2) is 0 Å². The van der Waals surface area contributed by atoms with E-state index in [4.69, 9.17) is 4.74 Å². The van der Waals surface area contributed by atoms with E-state index in [0.29, 0.717) is 11.1 Å². The smallest absolute Gasteiger partial charge is 0.308 e. The summed E-state index contributed by atoms with van der Waals surface area (Å²) in [5.41, 5.74) is 2.41. The van der Waals surface area contributed by atoms with Gasteiger partial charge in [-0.1, -0.05) is 30.3 Å². The molecule has 1 heterocycles. The molecule has 1 aliphatic heterocycles. The third-order valence-electron chi connectivity index (χ3n) is 7.18. The summed E-state index contributed by atoms with van der Waals surface area (Å²) in [6.45, 7) is 2.86. The van der Waals surface area contributed by atoms with E-state index in [-0.39, 0.29) is 35.8 Å². The van der Waals surface area contributed by atoms with Gasteiger partial charge in [0.05, 0.1) is 13.0 Å². The van der Waals surface area contributed by atoms with E-state index in [2.05, 4.69) is 39.8 Å². The topological polar surface area (TPSA) is 87.7 Å². The van der Waals surface area contributed by atoms with Crippen molar-refractivity contribution in [3.8, 4) is 0 Å². The lowest BCUT2D eigenvalue weighted by atomic mass is 9.86. The second kappa shape index (κ2) is 12.0. The number of ether oxygens (including phenoxy) is 1. The van der Waals surface area contributed by atoms with Crippen molar-refractivity contribution in [3.63, 3.8) is 0 Å². The predicted molar refractivity (Wildman–Crippen MR) is 134 cm³/mol. The van der Waals surface area contributed by atoms with Gasteiger partial charge in [-0.05, 0) is 68.4 Å². The van der Waals surface area contributed by atoms with E-state index >= 15 is 0 Å². The van der Waals surface area contributed by atoms with Gasteiger partial charge in [0.2, 0.25) is 0 Å². The second-order valence-electron chi connectivity index (χ2n) is 9.63. The quantitative estimate of drug-likeness (QED) is 0.596. The first-order valence-electron chi connectivity index (χ1n) is 12.6. The first-order valence-corrected chi connectivity index (χ1v) is 12.6. The fourth-order valence-corrected chi connectivity index (χ4v) is 5.03. The van der Waals surface area contributed by atoms with Crippen molar-refractivity contribution in [1.82, 2.24) is 15.5 Å². The van der Waals surface area contributed by atoms with Gasteiger partial charge in [-0.2, -0.15) is 0 Å². The molecule has 7 nitrogen and oxygen atoms in total. The average Bonchev–Trinajstić information content (AvgIpc) is 2.90. The molecule has 4 rings (SSSR count). The van der Waals surface area contributed by atoms with Crippen LogP contribution in [0.1, 0.15) is 64.8 Å². The van der Waals surface area contributed by atoms with Crippen LogP contribution < -0.4 is 10.6 Å². The molecule has 0 atom stereocenters. The molecule has 2 amide bonds. The number of carbonyl (C=O) groups is 3. The molecular formula is C28H35N3O4. The van der Waals surface area contributed by atoms with Crippen molar-refractivity contribution in [3.05, 3.63) is 71.3 Å². The molecule has 2 aromatic rings. The maximum Gasteiger partial charge on any atom is 0.308 e. The highest BCUT2D eigenvalue weighted by atomic mass is 16.5. The highest BCUT2D eigenvalue weighted by Gasteiger charge is 2.28. The van der Waals surface area contributed by atoms with Crippen molar-refractivity contribution in [2.75, 3.05) is 20.2 Å². The Labute approximate surface area is 207 Å². The highest BCUT2D eigenvalue weighted by molar-refractivity contribution is 5.98. The fraction of sp³-hybridized carbons (Fsp3) is 0.464. The minimum Gasteiger partial charge on any atom is -0.469 e. The third kappa shape index (κ3) is 6.92. The number of piperidine rings is 1. The monoisotopic (exact) mass is 477 g/mol. The summed E-state index contributed by atoms with van der Waals surface area (Å²) in [6, 6.07) is 17.5. The zero-order valence-corrected chi connectivity index (χ0v) is 20.4. The molecule has 0 aromatic heterocycles. The number of carbonyl (C=O) groups excluding carboxylic acids is 3. The molecule has 0 bridgehead atoms. The van der Waals surface area contributed by atoms with Crippen LogP contribution in [0.25, 0.3) is 0 Å². The molecule has 0 radical (unpaired) electrons. The van der Waals surface area contributed by atoms with E-state index in [9.17, 15) is 14.4 Å². The maximum atomic E-state index is 12.7. The summed E-state index contributed by atoms with van der Waals surface area (Å²) in [4.78, 5) is 39.5. The Morgan fingerprint density at radius 3 is 1.80 bits per heavy atom. The van der Waals surface area contributed by atoms with Crippen LogP contribution in [0.5, 0.6) is 0 Å². The van der Waals surface area contributed by atoms with E-state index in [1.807, 2.05) is 6.07 Å². The lowest BCUT2D eigenvalue weighted by molar-refractivity contribution is -0.146. The van der Waals surface area contributed by atoms with Gasteiger partial charge in [0.1, 0.15) is 0 Å². The number of amides is 2. The Balaban J connectivity index is 1.20. The van der Waals surface area contributed by atoms with Gasteiger partial charge < -0.3 is 15.4 Å². The molecule has 1 aliphatic carbocycles. The number of nitrogens with zero attached hydrogens (tertiary/aromatic N) is 1. The van der Waals surface area contributed by atoms with Gasteiger partial charge in [0.25, 0.3) is 11.8 Å². The van der Waals surface area contributed by atoms with Gasteiger partial charge in [-0.15, -0.1) is 0 Å². The van der Waals surface area contributed by atoms with Crippen LogP contribution in [0.3, 0.4) is 0 Å². The number of likely N-dealkylation sites (tertiary alicyclic amines) is 1. The van der Waals surface area contributed by atoms with Crippen molar-refractivity contribution in [2.45, 2.75) is 57.2 Å². The Hall–Kier alpha value is -3.19. The minimum absolute atomic E-state index is 0.0548. The van der Waals surface area contributed by atoms with Crippen LogP contribution in [0.15, 0.2) is 54.6 Å². The summed E-state index contributed by atoms with van der Waals surface area (Å²) >= 11 is 0. The Morgan fingerprint density at radius 2 is 1.29 bits per heavy atom. The summed E-state index contributed by atoms with van der Waals surface area (Å²) in [5.74, 6) is -0.479. The fourth-order valence-electron chi connectivity index (χ4n) is 5.03. The lowest BCUT2D eigenvalue weighted by Crippen LogP contribution is -2.44. The van der Waals surface area contributed by atoms with Crippen LogP contribution in [-0.4, -0.2) is 55.0 Å². The summed E-state index contributed by atoms with van der Waals surface area (Å²) < 4.78 is 4.82. The van der Waals surface area contributed by atoms with Crippen molar-refractivity contribution >= 4 is 17.8 Å². The Bertz CT molecular complexity index is 993. The SMILES string of the molecule is COC(=O)C1CCC(NC(=O)c2ccc(C(=O)NC3CCN(Cc4ccccc4)CC3)cc2)CC1. The molecule has 2 N–H and O–H groups in total. The largest absolute Gasteiger partial charge is 0.469 e. The van der Waals surface area contributed by atoms with Crippen molar-refractivity contribution in [1.29, 1.82) is 0 Å². The van der Waals surface area contributed by atoms with Gasteiger partial charge >= 0.3 is 5.97 Å². The van der Waals surface area contributed by atoms with Crippen LogP contribution in [0.4, 0.5) is 0 Å². The standard InChI is InChI=1S/C28H35N3O4/c1-35-28(34)23-11-13-24(14-12-23)29-26(32)21-7-9-22(10-8-21)27(33)30-25-15-17-31(18-16-25)19-20-5-3-2-4-6-20/h2-10,23-25H,11-19H2,1H3,(H,29,32)(H,30,33). The molecular weight excluding hydrogens is 442 g/mol. The van der Waals surface area contributed by atoms with Crippen LogP contribution in [0.2, 0.25) is 0 Å². The van der Waals surface area contributed by atoms with Gasteiger partial charge in [0, 0.05) is 42.8 Å². The molecule has 0 spiro atoms. The van der Waals surface area contributed by atoms with Gasteiger partial charge in [-0.3, -0.25) is 19.3 Å². The Morgan fingerprint density at radius 1 is 0.771 bits per heavy atom. The number of hydrogen-bond donors (Lipinski definition) is 2. The number of esters is 1. The third-order valence-corrected chi connectivity index (χ3v) is 7.18. The van der Waals surface area contributed by atoms with E-state index in [0.717, 1.165) is 58.2 Å². The normalized spacial score (nSPS) is 21.2. The van der Waals surface area contributed by atoms with Crippen molar-refractivity contribution < 1.29 is 19.1 Å². The van der Waals surface area contributed by atoms with E-state index < -0.39 is 0 Å². The molecule has 2 aliphatic rings. The Kier molecular flexibility index (Phi) is 8.53. The minimum atomic E-state index is -0.165. The maximum absolute atomic E-state index is 12.7. The number of benzene rings is 2. The zero-order valence-electron chi connectivity index (χ0n) is 20.4. The lowest BCUT2D eigenvalue weighted by Gasteiger charge is -2.32. The molecule has 1 saturated heterocycles. The molecule has 35 heavy (non-hydrogen) atoms. The second-order valence-corrected chi connectivity index (χ2v) is 9.63. The molecule has 0 unspecified atom stereocenters. The number of rotatable bonds is 7. The van der Waals surface area contributed by atoms with Crippen LogP contribution in [-0.2, 0) is 16.1 Å². The zero-order chi connectivity index (χ0) is 24.6. The molecule has 1 saturated carbocycles. The summed E-state index contributed by atoms with van der Waals surface area (Å²) in [5, 5.41) is 6.20. The summed E-state index contributed by atoms with van der Waals surface area (Å²) in [6.07, 6.45) is 4.82. The predicted octanol–water partition coefficient (Wildman–Crippen LogP) is 3.54. The highest BCUT2D eigenvalue weighted by Crippen LogP contribution is 2.25. The molecule has 2 aromatic carbocycles. The van der Waals surface area contributed by atoms with E-state index in [1.165, 1.54) is 12.7 Å². The number of nitrogens with one attached hydrogen (secondary N) is 2. The first-order chi connectivity index (χ1) is 17.0. The molecule has 7 heteroatoms. The van der Waals surface area contributed by atoms with Crippen LogP contribution in [0, 0.1) is 5.92 Å². The molecule has 2 fully saturated rings. The van der Waals surface area contributed by atoms with Gasteiger partial charge in [0.15, 0.2) is 0 Å². The first kappa shape index (κ1) is 24.9. The van der Waals surface area contributed by atoms with Crippen molar-refractivity contribution in [2.24, 2.45) is 5.92 Å². The van der Waals surface area contributed by atoms with Crippen LogP contribution >= 0.6 is 0 Å². The summed E-state index contributed by atoms with van der Waals surface area (Å²) in [7, 11) is 1.41. The van der Waals surface area contributed by atoms with E-state index in [1.54, 1.807) is 24.3 Å².